The molecule has 0 aliphatic carbocycles. The zero-order valence-corrected chi connectivity index (χ0v) is 28.4. The highest BCUT2D eigenvalue weighted by atomic mass is 16.5. The van der Waals surface area contributed by atoms with Gasteiger partial charge in [-0.3, -0.25) is 9.59 Å². The lowest BCUT2D eigenvalue weighted by Crippen LogP contribution is -2.44. The third-order valence-corrected chi connectivity index (χ3v) is 8.69. The third-order valence-electron chi connectivity index (χ3n) is 8.69. The Balaban J connectivity index is 1.23. The number of methoxy groups -OCH3 is 1. The maximum atomic E-state index is 13.7. The number of rotatable bonds is 13. The number of ether oxygens (including phenoxy) is 2. The number of H-pyrrole nitrogens is 1. The maximum Gasteiger partial charge on any atom is 0.259 e. The van der Waals surface area contributed by atoms with E-state index in [-0.39, 0.29) is 17.6 Å². The maximum absolute atomic E-state index is 13.7. The van der Waals surface area contributed by atoms with Gasteiger partial charge in [0.15, 0.2) is 0 Å². The van der Waals surface area contributed by atoms with Gasteiger partial charge in [0.2, 0.25) is 0 Å². The molecule has 0 saturated carbocycles. The second-order valence-electron chi connectivity index (χ2n) is 12.1. The first-order valence-corrected chi connectivity index (χ1v) is 16.4. The SMILES string of the molecule is CCc1nc2c(NC(=O)c3ccc(C(=O)N(C)c4ccc(C)cc4OCCCCC(=C=O)N4CCN(C)CC4)cc3OC)cccc2[nH]1. The van der Waals surface area contributed by atoms with Crippen molar-refractivity contribution in [3.8, 4) is 11.5 Å². The molecular formula is C37H44N6O5. The fourth-order valence-electron chi connectivity index (χ4n) is 5.80. The lowest BCUT2D eigenvalue weighted by molar-refractivity contribution is 0.0987. The minimum Gasteiger partial charge on any atom is -0.496 e. The second-order valence-corrected chi connectivity index (χ2v) is 12.1. The molecule has 0 radical (unpaired) electrons. The molecule has 5 rings (SSSR count). The summed E-state index contributed by atoms with van der Waals surface area (Å²) in [4.78, 5) is 52.4. The van der Waals surface area contributed by atoms with E-state index in [1.54, 1.807) is 31.3 Å². The minimum absolute atomic E-state index is 0.274. The van der Waals surface area contributed by atoms with E-state index in [1.165, 1.54) is 12.0 Å². The Kier molecular flexibility index (Phi) is 11.2. The van der Waals surface area contributed by atoms with Crippen molar-refractivity contribution in [3.63, 3.8) is 0 Å². The van der Waals surface area contributed by atoms with E-state index in [0.29, 0.717) is 46.8 Å². The summed E-state index contributed by atoms with van der Waals surface area (Å²) in [6, 6.07) is 16.1. The molecule has 11 heteroatoms. The zero-order valence-electron chi connectivity index (χ0n) is 28.4. The smallest absolute Gasteiger partial charge is 0.259 e. The first-order valence-electron chi connectivity index (χ1n) is 16.4. The van der Waals surface area contributed by atoms with Gasteiger partial charge in [-0.05, 0) is 81.3 Å². The van der Waals surface area contributed by atoms with Gasteiger partial charge in [0.1, 0.15) is 28.8 Å². The monoisotopic (exact) mass is 652 g/mol. The standard InChI is InChI=1S/C37H44N6O5/c1-6-34-38-29-11-9-12-30(35(29)40-34)39-36(45)28-15-14-26(23-32(28)47-5)37(46)42(4)31-16-13-25(2)22-33(31)48-21-8-7-10-27(24-44)43-19-17-41(3)18-20-43/h9,11-16,22-23H,6-8,10,17-21H2,1-5H3,(H,38,40)(H,39,45). The molecule has 0 spiro atoms. The molecule has 1 fully saturated rings. The van der Waals surface area contributed by atoms with Crippen molar-refractivity contribution in [1.82, 2.24) is 19.8 Å². The Labute approximate surface area is 281 Å². The van der Waals surface area contributed by atoms with Crippen LogP contribution in [0.5, 0.6) is 11.5 Å². The van der Waals surface area contributed by atoms with Crippen molar-refractivity contribution in [2.24, 2.45) is 0 Å². The van der Waals surface area contributed by atoms with E-state index in [0.717, 1.165) is 68.0 Å². The van der Waals surface area contributed by atoms with Crippen LogP contribution in [-0.2, 0) is 11.2 Å². The molecule has 1 saturated heterocycles. The lowest BCUT2D eigenvalue weighted by atomic mass is 10.1. The fourth-order valence-corrected chi connectivity index (χ4v) is 5.80. The Bertz CT molecular complexity index is 1820. The van der Waals surface area contributed by atoms with Crippen LogP contribution in [0.15, 0.2) is 60.3 Å². The van der Waals surface area contributed by atoms with E-state index >= 15 is 0 Å². The highest BCUT2D eigenvalue weighted by molar-refractivity contribution is 6.11. The highest BCUT2D eigenvalue weighted by Crippen LogP contribution is 2.32. The number of hydrogen-bond acceptors (Lipinski definition) is 8. The molecule has 2 amide bonds. The molecule has 0 bridgehead atoms. The summed E-state index contributed by atoms with van der Waals surface area (Å²) in [6.45, 7) is 7.98. The van der Waals surface area contributed by atoms with Gasteiger partial charge in [0, 0.05) is 45.2 Å². The van der Waals surface area contributed by atoms with Gasteiger partial charge >= 0.3 is 0 Å². The largest absolute Gasteiger partial charge is 0.496 e. The number of allylic oxidation sites excluding steroid dienone is 1. The van der Waals surface area contributed by atoms with Crippen molar-refractivity contribution >= 4 is 40.2 Å². The molecule has 2 N–H and O–H groups in total. The van der Waals surface area contributed by atoms with Crippen molar-refractivity contribution < 1.29 is 23.9 Å². The van der Waals surface area contributed by atoms with Gasteiger partial charge in [-0.2, -0.15) is 0 Å². The van der Waals surface area contributed by atoms with Crippen molar-refractivity contribution in [3.05, 3.63) is 82.8 Å². The van der Waals surface area contributed by atoms with E-state index in [2.05, 4.69) is 38.1 Å². The molecule has 1 aliphatic heterocycles. The summed E-state index contributed by atoms with van der Waals surface area (Å²) >= 11 is 0. The number of nitrogens with zero attached hydrogens (tertiary/aromatic N) is 4. The van der Waals surface area contributed by atoms with Crippen LogP contribution in [0, 0.1) is 6.92 Å². The van der Waals surface area contributed by atoms with Gasteiger partial charge in [-0.15, -0.1) is 0 Å². The summed E-state index contributed by atoms with van der Waals surface area (Å²) in [5, 5.41) is 2.94. The quantitative estimate of drug-likeness (QED) is 0.144. The van der Waals surface area contributed by atoms with Gasteiger partial charge in [0.25, 0.3) is 11.8 Å². The van der Waals surface area contributed by atoms with Crippen LogP contribution < -0.4 is 19.7 Å². The van der Waals surface area contributed by atoms with E-state index in [9.17, 15) is 14.4 Å². The number of amides is 2. The lowest BCUT2D eigenvalue weighted by Gasteiger charge is -2.34. The predicted octanol–water partition coefficient (Wildman–Crippen LogP) is 5.48. The van der Waals surface area contributed by atoms with Crippen LogP contribution in [0.1, 0.15) is 58.3 Å². The van der Waals surface area contributed by atoms with E-state index in [4.69, 9.17) is 9.47 Å². The number of carbonyl (C=O) groups excluding carboxylic acids is 3. The van der Waals surface area contributed by atoms with Gasteiger partial charge in [0.05, 0.1) is 41.9 Å². The molecule has 0 unspecified atom stereocenters. The first kappa shape index (κ1) is 34.2. The summed E-state index contributed by atoms with van der Waals surface area (Å²) in [6.07, 6.45) is 2.95. The predicted molar refractivity (Wildman–Crippen MR) is 188 cm³/mol. The number of anilines is 2. The molecule has 48 heavy (non-hydrogen) atoms. The Hall–Kier alpha value is -5.12. The molecule has 1 aliphatic rings. The Morgan fingerprint density at radius 2 is 1.83 bits per heavy atom. The number of hydrogen-bond donors (Lipinski definition) is 2. The molecule has 3 aromatic carbocycles. The number of para-hydroxylation sites is 1. The summed E-state index contributed by atoms with van der Waals surface area (Å²) in [5.41, 5.74) is 5.10. The molecule has 11 nitrogen and oxygen atoms in total. The molecule has 252 valence electrons. The molecule has 2 heterocycles. The van der Waals surface area contributed by atoms with E-state index < -0.39 is 0 Å². The topological polar surface area (TPSA) is 120 Å². The first-order chi connectivity index (χ1) is 23.2. The number of piperazine rings is 1. The average Bonchev–Trinajstić information content (AvgIpc) is 3.54. The molecule has 1 aromatic heterocycles. The highest BCUT2D eigenvalue weighted by Gasteiger charge is 2.22. The summed E-state index contributed by atoms with van der Waals surface area (Å²) in [7, 11) is 5.25. The summed E-state index contributed by atoms with van der Waals surface area (Å²) in [5.74, 6) is 3.19. The molecule has 0 atom stereocenters. The van der Waals surface area contributed by atoms with Gasteiger partial charge in [-0.1, -0.05) is 19.1 Å². The number of unbranched alkanes of at least 4 members (excludes halogenated alkanes) is 1. The van der Waals surface area contributed by atoms with Crippen LogP contribution in [0.2, 0.25) is 0 Å². The van der Waals surface area contributed by atoms with Crippen LogP contribution in [0.25, 0.3) is 11.0 Å². The Morgan fingerprint density at radius 1 is 1.04 bits per heavy atom. The Morgan fingerprint density at radius 3 is 2.56 bits per heavy atom. The van der Waals surface area contributed by atoms with Gasteiger partial charge in [-0.25, -0.2) is 9.78 Å². The molecule has 4 aromatic rings. The number of aryl methyl sites for hydroxylation is 2. The van der Waals surface area contributed by atoms with Crippen molar-refractivity contribution in [1.29, 1.82) is 0 Å². The van der Waals surface area contributed by atoms with E-state index in [1.807, 2.05) is 44.2 Å². The van der Waals surface area contributed by atoms with Crippen LogP contribution in [-0.4, -0.2) is 91.5 Å². The van der Waals surface area contributed by atoms with Crippen LogP contribution >= 0.6 is 0 Å². The van der Waals surface area contributed by atoms with Gasteiger partial charge < -0.3 is 34.5 Å². The third kappa shape index (κ3) is 7.87. The van der Waals surface area contributed by atoms with Crippen LogP contribution in [0.3, 0.4) is 0 Å². The fraction of sp³-hybridized carbons (Fsp3) is 0.378. The average molecular weight is 653 g/mol. The number of carbonyl (C=O) groups is 2. The molecular weight excluding hydrogens is 608 g/mol. The number of imidazole rings is 1. The van der Waals surface area contributed by atoms with Crippen molar-refractivity contribution in [2.75, 3.05) is 64.2 Å². The zero-order chi connectivity index (χ0) is 34.2. The second kappa shape index (κ2) is 15.6. The number of aromatic nitrogens is 2. The number of likely N-dealkylation sites (N-methyl/N-ethyl adjacent to an activating group) is 1. The summed E-state index contributed by atoms with van der Waals surface area (Å²) < 4.78 is 11.7. The minimum atomic E-state index is -0.374. The number of aromatic amines is 1. The number of fused-ring (bicyclic) bond motifs is 1. The van der Waals surface area contributed by atoms with Crippen LogP contribution in [0.4, 0.5) is 11.4 Å². The number of nitrogens with one attached hydrogen (secondary N) is 2. The van der Waals surface area contributed by atoms with Crippen molar-refractivity contribution in [2.45, 2.75) is 39.5 Å². The number of benzene rings is 3. The normalized spacial score (nSPS) is 13.2.